The number of halogens is 1. The van der Waals surface area contributed by atoms with Crippen LogP contribution in [0.1, 0.15) is 29.3 Å². The fourth-order valence-electron chi connectivity index (χ4n) is 2.98. The van der Waals surface area contributed by atoms with Crippen LogP contribution in [0.5, 0.6) is 0 Å². The van der Waals surface area contributed by atoms with Gasteiger partial charge in [0.2, 0.25) is 17.0 Å². The first kappa shape index (κ1) is 16.4. The molecule has 24 heavy (non-hydrogen) atoms. The number of rotatable bonds is 4. The number of amides is 2. The highest BCUT2D eigenvalue weighted by Crippen LogP contribution is 2.31. The lowest BCUT2D eigenvalue weighted by Gasteiger charge is -2.25. The van der Waals surface area contributed by atoms with Gasteiger partial charge in [-0.3, -0.25) is 14.6 Å². The van der Waals surface area contributed by atoms with E-state index in [9.17, 15) is 9.59 Å². The topological polar surface area (TPSA) is 88.3 Å². The summed E-state index contributed by atoms with van der Waals surface area (Å²) in [6.45, 7) is 1.73. The zero-order valence-corrected chi connectivity index (χ0v) is 14.1. The summed E-state index contributed by atoms with van der Waals surface area (Å²) >= 11 is 5.90. The lowest BCUT2D eigenvalue weighted by Crippen LogP contribution is -2.39. The average molecular weight is 349 g/mol. The standard InChI is InChI=1S/C16H17ClN4O3/c1-9-11(16(17)24-20-9)6-13(22)19-12-7-14(23)21(2)15(12)10-4-3-5-18-8-10/h3-5,8,12,15H,6-7H2,1-2H3,(H,19,22)/t12-,15+/m1/s1. The largest absolute Gasteiger partial charge is 0.350 e. The quantitative estimate of drug-likeness (QED) is 0.907. The summed E-state index contributed by atoms with van der Waals surface area (Å²) in [5.41, 5.74) is 2.03. The molecule has 1 saturated heterocycles. The molecule has 3 heterocycles. The second-order valence-electron chi connectivity index (χ2n) is 5.81. The van der Waals surface area contributed by atoms with E-state index in [1.807, 2.05) is 12.1 Å². The van der Waals surface area contributed by atoms with Crippen LogP contribution in [0.15, 0.2) is 29.0 Å². The van der Waals surface area contributed by atoms with Gasteiger partial charge in [-0.1, -0.05) is 11.2 Å². The van der Waals surface area contributed by atoms with Crippen molar-refractivity contribution in [2.45, 2.75) is 31.8 Å². The molecule has 126 valence electrons. The zero-order valence-electron chi connectivity index (χ0n) is 13.3. The second-order valence-corrected chi connectivity index (χ2v) is 6.15. The van der Waals surface area contributed by atoms with E-state index < -0.39 is 0 Å². The number of carbonyl (C=O) groups is 2. The Bertz CT molecular complexity index is 742. The van der Waals surface area contributed by atoms with Crippen LogP contribution in [-0.4, -0.2) is 39.9 Å². The van der Waals surface area contributed by atoms with Gasteiger partial charge in [0.1, 0.15) is 0 Å². The monoisotopic (exact) mass is 348 g/mol. The summed E-state index contributed by atoms with van der Waals surface area (Å²) < 4.78 is 4.86. The first-order chi connectivity index (χ1) is 11.5. The molecular formula is C16H17ClN4O3. The Balaban J connectivity index is 1.75. The normalized spacial score (nSPS) is 20.5. The number of pyridine rings is 1. The van der Waals surface area contributed by atoms with E-state index in [2.05, 4.69) is 15.5 Å². The molecule has 7 nitrogen and oxygen atoms in total. The van der Waals surface area contributed by atoms with Crippen molar-refractivity contribution in [2.75, 3.05) is 7.05 Å². The van der Waals surface area contributed by atoms with Gasteiger partial charge in [-0.15, -0.1) is 0 Å². The van der Waals surface area contributed by atoms with Crippen molar-refractivity contribution in [3.63, 3.8) is 0 Å². The van der Waals surface area contributed by atoms with Crippen molar-refractivity contribution in [1.29, 1.82) is 0 Å². The summed E-state index contributed by atoms with van der Waals surface area (Å²) in [5.74, 6) is -0.251. The number of carbonyl (C=O) groups excluding carboxylic acids is 2. The second kappa shape index (κ2) is 6.60. The van der Waals surface area contributed by atoms with E-state index in [4.69, 9.17) is 16.1 Å². The predicted molar refractivity (Wildman–Crippen MR) is 86.2 cm³/mol. The van der Waals surface area contributed by atoms with Gasteiger partial charge in [0.05, 0.1) is 24.2 Å². The molecule has 0 unspecified atom stereocenters. The fourth-order valence-corrected chi connectivity index (χ4v) is 3.22. The van der Waals surface area contributed by atoms with Crippen LogP contribution in [-0.2, 0) is 16.0 Å². The van der Waals surface area contributed by atoms with Gasteiger partial charge in [0.15, 0.2) is 0 Å². The molecular weight excluding hydrogens is 332 g/mol. The highest BCUT2D eigenvalue weighted by Gasteiger charge is 2.39. The van der Waals surface area contributed by atoms with Gasteiger partial charge >= 0.3 is 0 Å². The Morgan fingerprint density at radius 3 is 2.96 bits per heavy atom. The zero-order chi connectivity index (χ0) is 17.3. The molecule has 2 aromatic heterocycles. The van der Waals surface area contributed by atoms with Gasteiger partial charge in [0, 0.05) is 31.4 Å². The molecule has 1 fully saturated rings. The maximum atomic E-state index is 12.4. The number of nitrogens with zero attached hydrogens (tertiary/aromatic N) is 3. The van der Waals surface area contributed by atoms with Crippen LogP contribution in [0, 0.1) is 6.92 Å². The van der Waals surface area contributed by atoms with Crippen LogP contribution < -0.4 is 5.32 Å². The van der Waals surface area contributed by atoms with Crippen molar-refractivity contribution in [1.82, 2.24) is 20.4 Å². The Labute approximate surface area is 144 Å². The van der Waals surface area contributed by atoms with Crippen LogP contribution in [0.3, 0.4) is 0 Å². The highest BCUT2D eigenvalue weighted by molar-refractivity contribution is 6.29. The van der Waals surface area contributed by atoms with E-state index >= 15 is 0 Å². The lowest BCUT2D eigenvalue weighted by molar-refractivity contribution is -0.127. The van der Waals surface area contributed by atoms with Crippen LogP contribution in [0.25, 0.3) is 0 Å². The first-order valence-corrected chi connectivity index (χ1v) is 7.90. The Morgan fingerprint density at radius 1 is 1.54 bits per heavy atom. The molecule has 8 heteroatoms. The molecule has 0 aliphatic carbocycles. The summed E-state index contributed by atoms with van der Waals surface area (Å²) in [4.78, 5) is 30.2. The van der Waals surface area contributed by atoms with E-state index in [0.717, 1.165) is 5.56 Å². The van der Waals surface area contributed by atoms with Crippen molar-refractivity contribution in [2.24, 2.45) is 0 Å². The fraction of sp³-hybridized carbons (Fsp3) is 0.375. The van der Waals surface area contributed by atoms with Crippen molar-refractivity contribution < 1.29 is 14.1 Å². The average Bonchev–Trinajstić information content (AvgIpc) is 3.01. The predicted octanol–water partition coefficient (Wildman–Crippen LogP) is 1.66. The minimum atomic E-state index is -0.321. The van der Waals surface area contributed by atoms with E-state index in [1.54, 1.807) is 31.3 Å². The van der Waals surface area contributed by atoms with E-state index in [1.165, 1.54) is 0 Å². The molecule has 1 N–H and O–H groups in total. The molecule has 0 radical (unpaired) electrons. The Morgan fingerprint density at radius 2 is 2.33 bits per heavy atom. The molecule has 3 rings (SSSR count). The smallest absolute Gasteiger partial charge is 0.229 e. The number of hydrogen-bond acceptors (Lipinski definition) is 5. The third-order valence-corrected chi connectivity index (χ3v) is 4.53. The molecule has 2 aromatic rings. The molecule has 1 aliphatic rings. The molecule has 2 atom stereocenters. The number of likely N-dealkylation sites (tertiary alicyclic amines) is 1. The van der Waals surface area contributed by atoms with Crippen LogP contribution in [0.4, 0.5) is 0 Å². The number of aromatic nitrogens is 2. The molecule has 0 aromatic carbocycles. The van der Waals surface area contributed by atoms with E-state index in [0.29, 0.717) is 11.3 Å². The van der Waals surface area contributed by atoms with Crippen molar-refractivity contribution >= 4 is 23.4 Å². The molecule has 1 aliphatic heterocycles. The number of likely N-dealkylation sites (N-methyl/N-ethyl adjacent to an activating group) is 1. The van der Waals surface area contributed by atoms with Gasteiger partial charge in [0.25, 0.3) is 0 Å². The van der Waals surface area contributed by atoms with Gasteiger partial charge < -0.3 is 14.7 Å². The number of nitrogens with one attached hydrogen (secondary N) is 1. The van der Waals surface area contributed by atoms with Crippen LogP contribution in [0.2, 0.25) is 5.22 Å². The molecule has 2 amide bonds. The molecule has 0 spiro atoms. The minimum absolute atomic E-state index is 0.0201. The third-order valence-electron chi connectivity index (χ3n) is 4.23. The maximum absolute atomic E-state index is 12.4. The lowest BCUT2D eigenvalue weighted by atomic mass is 10.0. The van der Waals surface area contributed by atoms with Gasteiger partial charge in [-0.05, 0) is 30.2 Å². The van der Waals surface area contributed by atoms with Crippen molar-refractivity contribution in [3.05, 3.63) is 46.6 Å². The Hall–Kier alpha value is -2.41. The van der Waals surface area contributed by atoms with Crippen molar-refractivity contribution in [3.8, 4) is 0 Å². The highest BCUT2D eigenvalue weighted by atomic mass is 35.5. The number of hydrogen-bond donors (Lipinski definition) is 1. The van der Waals surface area contributed by atoms with Gasteiger partial charge in [-0.2, -0.15) is 0 Å². The SMILES string of the molecule is Cc1noc(Cl)c1CC(=O)N[C@@H]1CC(=O)N(C)[C@H]1c1cccnc1. The minimum Gasteiger partial charge on any atom is -0.350 e. The molecule has 0 bridgehead atoms. The summed E-state index contributed by atoms with van der Waals surface area (Å²) in [6, 6.07) is 3.14. The molecule has 0 saturated carbocycles. The first-order valence-electron chi connectivity index (χ1n) is 7.53. The van der Waals surface area contributed by atoms with Gasteiger partial charge in [-0.25, -0.2) is 0 Å². The number of aryl methyl sites for hydroxylation is 1. The summed E-state index contributed by atoms with van der Waals surface area (Å²) in [7, 11) is 1.73. The summed E-state index contributed by atoms with van der Waals surface area (Å²) in [6.07, 6.45) is 3.69. The maximum Gasteiger partial charge on any atom is 0.229 e. The Kier molecular flexibility index (Phi) is 4.53. The summed E-state index contributed by atoms with van der Waals surface area (Å²) in [5, 5.41) is 6.77. The van der Waals surface area contributed by atoms with E-state index in [-0.39, 0.29) is 42.0 Å². The third kappa shape index (κ3) is 3.12. The van der Waals surface area contributed by atoms with Crippen LogP contribution >= 0.6 is 11.6 Å².